The SMILES string of the molecule is NN1CCN(c2ccc(F)cc2NC(=O)CNC(=O)c2ccccc2F)CC1.OC(O)c1ccccc1. The minimum atomic E-state index is -1.34. The van der Waals surface area contributed by atoms with Gasteiger partial charge in [0, 0.05) is 31.7 Å². The van der Waals surface area contributed by atoms with Crippen LogP contribution in [0, 0.1) is 11.6 Å². The van der Waals surface area contributed by atoms with Crippen LogP contribution in [0.3, 0.4) is 0 Å². The first-order valence-electron chi connectivity index (χ1n) is 11.5. The fourth-order valence-corrected chi connectivity index (χ4v) is 3.57. The molecule has 3 aromatic rings. The fourth-order valence-electron chi connectivity index (χ4n) is 3.57. The zero-order chi connectivity index (χ0) is 26.8. The Bertz CT molecular complexity index is 1190. The topological polar surface area (TPSA) is 131 Å². The number of hydrazine groups is 1. The van der Waals surface area contributed by atoms with Gasteiger partial charge in [0.25, 0.3) is 5.91 Å². The number of carbonyl (C=O) groups is 2. The first kappa shape index (κ1) is 27.7. The van der Waals surface area contributed by atoms with E-state index in [1.807, 2.05) is 11.0 Å². The number of nitrogens with zero attached hydrogens (tertiary/aromatic N) is 2. The van der Waals surface area contributed by atoms with Gasteiger partial charge in [0.2, 0.25) is 5.91 Å². The molecule has 37 heavy (non-hydrogen) atoms. The van der Waals surface area contributed by atoms with Crippen LogP contribution < -0.4 is 21.4 Å². The number of anilines is 2. The Balaban J connectivity index is 0.000000356. The van der Waals surface area contributed by atoms with Crippen molar-refractivity contribution < 1.29 is 28.6 Å². The molecule has 2 amide bonds. The molecule has 1 saturated heterocycles. The lowest BCUT2D eigenvalue weighted by molar-refractivity contribution is -0.115. The lowest BCUT2D eigenvalue weighted by atomic mass is 10.2. The zero-order valence-corrected chi connectivity index (χ0v) is 20.0. The van der Waals surface area contributed by atoms with Crippen LogP contribution in [0.4, 0.5) is 20.2 Å². The standard InChI is InChI=1S/C19H21F2N5O2.C7H8O2/c20-13-5-6-17(25-7-9-26(22)10-8-25)16(11-13)24-18(27)12-23-19(28)14-3-1-2-4-15(14)21;8-7(9)6-4-2-1-3-5-6/h1-6,11H,7-10,12,22H2,(H,23,28)(H,24,27);1-5,7-9H. The summed E-state index contributed by atoms with van der Waals surface area (Å²) in [5.74, 6) is 3.34. The van der Waals surface area contributed by atoms with E-state index in [4.69, 9.17) is 16.1 Å². The predicted molar refractivity (Wildman–Crippen MR) is 135 cm³/mol. The van der Waals surface area contributed by atoms with Gasteiger partial charge in [-0.3, -0.25) is 15.4 Å². The van der Waals surface area contributed by atoms with E-state index in [2.05, 4.69) is 10.6 Å². The Morgan fingerprint density at radius 2 is 1.57 bits per heavy atom. The van der Waals surface area contributed by atoms with Gasteiger partial charge in [0.05, 0.1) is 23.5 Å². The molecular weight excluding hydrogens is 484 g/mol. The summed E-state index contributed by atoms with van der Waals surface area (Å²) in [5.41, 5.74) is 1.35. The summed E-state index contributed by atoms with van der Waals surface area (Å²) in [6.07, 6.45) is -1.34. The van der Waals surface area contributed by atoms with Crippen LogP contribution in [0.15, 0.2) is 72.8 Å². The van der Waals surface area contributed by atoms with E-state index in [1.165, 1.54) is 30.3 Å². The number of halogens is 2. The lowest BCUT2D eigenvalue weighted by Crippen LogP contribution is -2.49. The summed E-state index contributed by atoms with van der Waals surface area (Å²) in [7, 11) is 0. The number of rotatable bonds is 6. The average Bonchev–Trinajstić information content (AvgIpc) is 2.89. The van der Waals surface area contributed by atoms with Crippen molar-refractivity contribution in [2.45, 2.75) is 6.29 Å². The molecular formula is C26H29F2N5O4. The molecule has 0 aliphatic carbocycles. The highest BCUT2D eigenvalue weighted by Gasteiger charge is 2.19. The maximum atomic E-state index is 13.7. The maximum absolute atomic E-state index is 13.7. The van der Waals surface area contributed by atoms with E-state index in [0.717, 1.165) is 6.07 Å². The summed E-state index contributed by atoms with van der Waals surface area (Å²) in [4.78, 5) is 26.2. The molecule has 0 bridgehead atoms. The highest BCUT2D eigenvalue weighted by atomic mass is 19.1. The van der Waals surface area contributed by atoms with Gasteiger partial charge < -0.3 is 25.7 Å². The molecule has 0 unspecified atom stereocenters. The van der Waals surface area contributed by atoms with Crippen molar-refractivity contribution in [2.24, 2.45) is 5.84 Å². The lowest BCUT2D eigenvalue weighted by Gasteiger charge is -2.34. The second kappa shape index (κ2) is 13.4. The molecule has 11 heteroatoms. The Morgan fingerprint density at radius 1 is 0.919 bits per heavy atom. The number of amides is 2. The molecule has 0 aromatic heterocycles. The number of nitrogens with one attached hydrogen (secondary N) is 2. The maximum Gasteiger partial charge on any atom is 0.254 e. The van der Waals surface area contributed by atoms with Crippen molar-refractivity contribution >= 4 is 23.2 Å². The molecule has 1 heterocycles. The van der Waals surface area contributed by atoms with Crippen LogP contribution in [0.25, 0.3) is 0 Å². The summed E-state index contributed by atoms with van der Waals surface area (Å²) in [6, 6.07) is 18.3. The zero-order valence-electron chi connectivity index (χ0n) is 20.0. The molecule has 0 saturated carbocycles. The molecule has 1 aliphatic heterocycles. The summed E-state index contributed by atoms with van der Waals surface area (Å²) in [6.45, 7) is 2.18. The summed E-state index contributed by atoms with van der Waals surface area (Å²) in [5, 5.41) is 23.8. The first-order valence-corrected chi connectivity index (χ1v) is 11.5. The molecule has 9 nitrogen and oxygen atoms in total. The van der Waals surface area contributed by atoms with Crippen LogP contribution in [0.1, 0.15) is 22.2 Å². The Kier molecular flexibility index (Phi) is 10.0. The number of piperazine rings is 1. The second-order valence-corrected chi connectivity index (χ2v) is 8.18. The minimum absolute atomic E-state index is 0.151. The average molecular weight is 514 g/mol. The number of hydrogen-bond donors (Lipinski definition) is 5. The second-order valence-electron chi connectivity index (χ2n) is 8.18. The van der Waals surface area contributed by atoms with Crippen LogP contribution in [-0.2, 0) is 4.79 Å². The van der Waals surface area contributed by atoms with Crippen molar-refractivity contribution in [3.63, 3.8) is 0 Å². The van der Waals surface area contributed by atoms with E-state index in [1.54, 1.807) is 35.3 Å². The van der Waals surface area contributed by atoms with Crippen LogP contribution in [0.5, 0.6) is 0 Å². The molecule has 0 spiro atoms. The Morgan fingerprint density at radius 3 is 2.19 bits per heavy atom. The summed E-state index contributed by atoms with van der Waals surface area (Å²) < 4.78 is 27.3. The third-order valence-corrected chi connectivity index (χ3v) is 5.51. The number of nitrogens with two attached hydrogens (primary N) is 1. The monoisotopic (exact) mass is 513 g/mol. The highest BCUT2D eigenvalue weighted by Crippen LogP contribution is 2.27. The number of carbonyl (C=O) groups excluding carboxylic acids is 2. The van der Waals surface area contributed by atoms with Gasteiger partial charge >= 0.3 is 0 Å². The predicted octanol–water partition coefficient (Wildman–Crippen LogP) is 2.00. The third kappa shape index (κ3) is 8.33. The Hall–Kier alpha value is -3.90. The van der Waals surface area contributed by atoms with Crippen molar-refractivity contribution in [2.75, 3.05) is 42.9 Å². The van der Waals surface area contributed by atoms with E-state index in [-0.39, 0.29) is 12.1 Å². The van der Waals surface area contributed by atoms with Gasteiger partial charge in [-0.05, 0) is 30.3 Å². The van der Waals surface area contributed by atoms with Crippen LogP contribution in [0.2, 0.25) is 0 Å². The van der Waals surface area contributed by atoms with Gasteiger partial charge in [0.15, 0.2) is 6.29 Å². The molecule has 0 atom stereocenters. The van der Waals surface area contributed by atoms with E-state index < -0.39 is 29.7 Å². The third-order valence-electron chi connectivity index (χ3n) is 5.51. The van der Waals surface area contributed by atoms with Gasteiger partial charge in [0.1, 0.15) is 11.6 Å². The number of hydrogen-bond acceptors (Lipinski definition) is 7. The molecule has 1 aliphatic rings. The summed E-state index contributed by atoms with van der Waals surface area (Å²) >= 11 is 0. The van der Waals surface area contributed by atoms with E-state index in [0.29, 0.717) is 43.1 Å². The number of aliphatic hydroxyl groups excluding tert-OH is 1. The van der Waals surface area contributed by atoms with Crippen molar-refractivity contribution in [3.05, 3.63) is 95.6 Å². The van der Waals surface area contributed by atoms with Gasteiger partial charge in [-0.15, -0.1) is 0 Å². The molecule has 6 N–H and O–H groups in total. The molecule has 3 aromatic carbocycles. The van der Waals surface area contributed by atoms with E-state index in [9.17, 15) is 18.4 Å². The first-order chi connectivity index (χ1) is 17.7. The number of benzene rings is 3. The van der Waals surface area contributed by atoms with Crippen molar-refractivity contribution in [3.8, 4) is 0 Å². The van der Waals surface area contributed by atoms with Crippen LogP contribution >= 0.6 is 0 Å². The molecule has 196 valence electrons. The van der Waals surface area contributed by atoms with Gasteiger partial charge in [-0.1, -0.05) is 42.5 Å². The van der Waals surface area contributed by atoms with Crippen molar-refractivity contribution in [1.82, 2.24) is 10.3 Å². The van der Waals surface area contributed by atoms with Gasteiger partial charge in [-0.25, -0.2) is 13.8 Å². The highest BCUT2D eigenvalue weighted by molar-refractivity contribution is 6.00. The Labute approximate surface area is 213 Å². The molecule has 4 rings (SSSR count). The largest absolute Gasteiger partial charge is 0.367 e. The minimum Gasteiger partial charge on any atom is -0.367 e. The molecule has 1 fully saturated rings. The number of aliphatic hydroxyl groups is 2. The van der Waals surface area contributed by atoms with Crippen molar-refractivity contribution in [1.29, 1.82) is 0 Å². The normalized spacial score (nSPS) is 13.5. The molecule has 0 radical (unpaired) electrons. The smallest absolute Gasteiger partial charge is 0.254 e. The van der Waals surface area contributed by atoms with Gasteiger partial charge in [-0.2, -0.15) is 0 Å². The van der Waals surface area contributed by atoms with Crippen LogP contribution in [-0.4, -0.2) is 59.8 Å². The fraction of sp³-hybridized carbons (Fsp3) is 0.231. The van der Waals surface area contributed by atoms with E-state index >= 15 is 0 Å². The quantitative estimate of drug-likeness (QED) is 0.252.